The van der Waals surface area contributed by atoms with Gasteiger partial charge in [0.2, 0.25) is 5.91 Å². The number of carbonyl (C=O) groups excluding carboxylic acids is 2. The number of amides is 1. The molecule has 6 nitrogen and oxygen atoms in total. The quantitative estimate of drug-likeness (QED) is 0.531. The van der Waals surface area contributed by atoms with Crippen LogP contribution in [-0.4, -0.2) is 34.3 Å². The molecule has 0 bridgehead atoms. The summed E-state index contributed by atoms with van der Waals surface area (Å²) in [7, 11) is 3.22. The standard InChI is InChI=1S/C18H16ClN3O3S/c1-22-15-8-5-12(19)9-14(15)21-18(22)26-10-16(23)20-13-6-3-11(4-7-13)17(24)25-2/h3-9H,10H2,1-2H3,(H,20,23). The van der Waals surface area contributed by atoms with Gasteiger partial charge in [-0.2, -0.15) is 0 Å². The van der Waals surface area contributed by atoms with Crippen LogP contribution in [0.3, 0.4) is 0 Å². The van der Waals surface area contributed by atoms with Gasteiger partial charge in [0.05, 0.1) is 29.5 Å². The third-order valence-electron chi connectivity index (χ3n) is 3.72. The van der Waals surface area contributed by atoms with Gasteiger partial charge in [0, 0.05) is 17.8 Å². The molecular formula is C18H16ClN3O3S. The number of rotatable bonds is 5. The largest absolute Gasteiger partial charge is 0.465 e. The van der Waals surface area contributed by atoms with Gasteiger partial charge in [-0.1, -0.05) is 23.4 Å². The fourth-order valence-electron chi connectivity index (χ4n) is 2.41. The van der Waals surface area contributed by atoms with Crippen LogP contribution in [0.25, 0.3) is 11.0 Å². The maximum absolute atomic E-state index is 12.2. The van der Waals surface area contributed by atoms with Gasteiger partial charge in [0.1, 0.15) is 0 Å². The van der Waals surface area contributed by atoms with Crippen molar-refractivity contribution < 1.29 is 14.3 Å². The Kier molecular flexibility index (Phi) is 5.49. The summed E-state index contributed by atoms with van der Waals surface area (Å²) in [5, 5.41) is 4.15. The van der Waals surface area contributed by atoms with E-state index in [0.29, 0.717) is 16.3 Å². The Bertz CT molecular complexity index is 970. The minimum absolute atomic E-state index is 0.161. The number of halogens is 1. The molecule has 0 aliphatic rings. The van der Waals surface area contributed by atoms with Crippen molar-refractivity contribution in [1.82, 2.24) is 9.55 Å². The summed E-state index contributed by atoms with van der Waals surface area (Å²) in [5.41, 5.74) is 2.79. The molecule has 0 saturated carbocycles. The van der Waals surface area contributed by atoms with Crippen LogP contribution < -0.4 is 5.32 Å². The lowest BCUT2D eigenvalue weighted by molar-refractivity contribution is -0.113. The van der Waals surface area contributed by atoms with Gasteiger partial charge in [0.15, 0.2) is 5.16 Å². The molecule has 1 N–H and O–H groups in total. The van der Waals surface area contributed by atoms with Gasteiger partial charge in [-0.15, -0.1) is 0 Å². The van der Waals surface area contributed by atoms with Gasteiger partial charge in [-0.05, 0) is 42.5 Å². The van der Waals surface area contributed by atoms with Gasteiger partial charge >= 0.3 is 5.97 Å². The average Bonchev–Trinajstić information content (AvgIpc) is 2.95. The van der Waals surface area contributed by atoms with Crippen LogP contribution in [0.2, 0.25) is 5.02 Å². The van der Waals surface area contributed by atoms with E-state index in [1.54, 1.807) is 30.3 Å². The normalized spacial score (nSPS) is 10.7. The first-order chi connectivity index (χ1) is 12.5. The first-order valence-electron chi connectivity index (χ1n) is 7.71. The Morgan fingerprint density at radius 3 is 2.65 bits per heavy atom. The maximum atomic E-state index is 12.2. The summed E-state index contributed by atoms with van der Waals surface area (Å²) in [6, 6.07) is 12.0. The van der Waals surface area contributed by atoms with E-state index in [1.165, 1.54) is 18.9 Å². The molecule has 134 valence electrons. The second-order valence-electron chi connectivity index (χ2n) is 5.49. The topological polar surface area (TPSA) is 73.2 Å². The number of benzene rings is 2. The number of hydrogen-bond acceptors (Lipinski definition) is 5. The van der Waals surface area contributed by atoms with E-state index >= 15 is 0 Å². The van der Waals surface area contributed by atoms with Gasteiger partial charge < -0.3 is 14.6 Å². The van der Waals surface area contributed by atoms with Crippen molar-refractivity contribution in [3.63, 3.8) is 0 Å². The lowest BCUT2D eigenvalue weighted by Crippen LogP contribution is -2.14. The van der Waals surface area contributed by atoms with Crippen LogP contribution in [0.5, 0.6) is 0 Å². The molecule has 8 heteroatoms. The van der Waals surface area contributed by atoms with E-state index in [-0.39, 0.29) is 11.7 Å². The summed E-state index contributed by atoms with van der Waals surface area (Å²) in [4.78, 5) is 28.1. The van der Waals surface area contributed by atoms with Crippen molar-refractivity contribution in [1.29, 1.82) is 0 Å². The fraction of sp³-hybridized carbons (Fsp3) is 0.167. The minimum atomic E-state index is -0.416. The number of nitrogens with zero attached hydrogens (tertiary/aromatic N) is 2. The highest BCUT2D eigenvalue weighted by Gasteiger charge is 2.12. The smallest absolute Gasteiger partial charge is 0.337 e. The number of fused-ring (bicyclic) bond motifs is 1. The average molecular weight is 390 g/mol. The summed E-state index contributed by atoms with van der Waals surface area (Å²) < 4.78 is 6.57. The van der Waals surface area contributed by atoms with Crippen LogP contribution in [0.1, 0.15) is 10.4 Å². The molecule has 0 radical (unpaired) electrons. The molecule has 0 atom stereocenters. The van der Waals surface area contributed by atoms with E-state index in [4.69, 9.17) is 11.6 Å². The molecule has 0 saturated heterocycles. The second kappa shape index (κ2) is 7.80. The van der Waals surface area contributed by atoms with Crippen molar-refractivity contribution in [2.75, 3.05) is 18.2 Å². The summed E-state index contributed by atoms with van der Waals surface area (Å²) in [5.74, 6) is -0.366. The highest BCUT2D eigenvalue weighted by molar-refractivity contribution is 7.99. The molecule has 1 amide bonds. The van der Waals surface area contributed by atoms with E-state index < -0.39 is 5.97 Å². The Morgan fingerprint density at radius 1 is 1.23 bits per heavy atom. The summed E-state index contributed by atoms with van der Waals surface area (Å²) in [6.45, 7) is 0. The van der Waals surface area contributed by atoms with Crippen molar-refractivity contribution in [2.24, 2.45) is 7.05 Å². The predicted octanol–water partition coefficient (Wildman–Crippen LogP) is 3.74. The predicted molar refractivity (Wildman–Crippen MR) is 103 cm³/mol. The zero-order valence-electron chi connectivity index (χ0n) is 14.2. The van der Waals surface area contributed by atoms with E-state index in [2.05, 4.69) is 15.0 Å². The molecule has 0 spiro atoms. The molecule has 0 unspecified atom stereocenters. The van der Waals surface area contributed by atoms with Crippen molar-refractivity contribution in [2.45, 2.75) is 5.16 Å². The van der Waals surface area contributed by atoms with E-state index in [1.807, 2.05) is 23.7 Å². The Morgan fingerprint density at radius 2 is 1.96 bits per heavy atom. The molecule has 26 heavy (non-hydrogen) atoms. The molecule has 2 aromatic carbocycles. The first-order valence-corrected chi connectivity index (χ1v) is 9.07. The molecule has 0 aliphatic carbocycles. The van der Waals surface area contributed by atoms with Crippen LogP contribution in [0.15, 0.2) is 47.6 Å². The second-order valence-corrected chi connectivity index (χ2v) is 6.87. The molecular weight excluding hydrogens is 374 g/mol. The number of nitrogens with one attached hydrogen (secondary N) is 1. The number of imidazole rings is 1. The zero-order valence-corrected chi connectivity index (χ0v) is 15.7. The number of hydrogen-bond donors (Lipinski definition) is 1. The highest BCUT2D eigenvalue weighted by atomic mass is 35.5. The number of carbonyl (C=O) groups is 2. The number of aryl methyl sites for hydroxylation is 1. The maximum Gasteiger partial charge on any atom is 0.337 e. The third-order valence-corrected chi connectivity index (χ3v) is 4.99. The molecule has 3 aromatic rings. The molecule has 0 aliphatic heterocycles. The SMILES string of the molecule is COC(=O)c1ccc(NC(=O)CSc2nc3cc(Cl)ccc3n2C)cc1. The first kappa shape index (κ1) is 18.3. The van der Waals surface area contributed by atoms with Crippen LogP contribution in [0, 0.1) is 0 Å². The minimum Gasteiger partial charge on any atom is -0.465 e. The van der Waals surface area contributed by atoms with Crippen LogP contribution >= 0.6 is 23.4 Å². The number of anilines is 1. The number of thioether (sulfide) groups is 1. The summed E-state index contributed by atoms with van der Waals surface area (Å²) >= 11 is 7.33. The molecule has 1 heterocycles. The van der Waals surface area contributed by atoms with Crippen LogP contribution in [-0.2, 0) is 16.6 Å². The highest BCUT2D eigenvalue weighted by Crippen LogP contribution is 2.25. The van der Waals surface area contributed by atoms with E-state index in [0.717, 1.165) is 16.2 Å². The van der Waals surface area contributed by atoms with Crippen molar-refractivity contribution in [3.05, 3.63) is 53.1 Å². The number of ether oxygens (including phenoxy) is 1. The lowest BCUT2D eigenvalue weighted by atomic mass is 10.2. The zero-order chi connectivity index (χ0) is 18.7. The summed E-state index contributed by atoms with van der Waals surface area (Å²) in [6.07, 6.45) is 0. The lowest BCUT2D eigenvalue weighted by Gasteiger charge is -2.06. The Hall–Kier alpha value is -2.51. The van der Waals surface area contributed by atoms with Gasteiger partial charge in [-0.3, -0.25) is 4.79 Å². The van der Waals surface area contributed by atoms with Crippen molar-refractivity contribution >= 4 is 52.0 Å². The van der Waals surface area contributed by atoms with E-state index in [9.17, 15) is 9.59 Å². The van der Waals surface area contributed by atoms with Gasteiger partial charge in [-0.25, -0.2) is 9.78 Å². The number of esters is 1. The third kappa shape index (κ3) is 4.00. The Labute approximate surface area is 159 Å². The molecule has 0 fully saturated rings. The number of aromatic nitrogens is 2. The molecule has 1 aromatic heterocycles. The fourth-order valence-corrected chi connectivity index (χ4v) is 3.37. The Balaban J connectivity index is 1.62. The monoisotopic (exact) mass is 389 g/mol. The molecule has 3 rings (SSSR count). The van der Waals surface area contributed by atoms with Crippen molar-refractivity contribution in [3.8, 4) is 0 Å². The van der Waals surface area contributed by atoms with Gasteiger partial charge in [0.25, 0.3) is 0 Å². The number of methoxy groups -OCH3 is 1. The van der Waals surface area contributed by atoms with Crippen LogP contribution in [0.4, 0.5) is 5.69 Å².